The van der Waals surface area contributed by atoms with Gasteiger partial charge in [-0.2, -0.15) is 0 Å². The fourth-order valence-electron chi connectivity index (χ4n) is 1.67. The van der Waals surface area contributed by atoms with Crippen LogP contribution in [0.3, 0.4) is 0 Å². The molecular weight excluding hydrogens is 186 g/mol. The third-order valence-electron chi connectivity index (χ3n) is 2.85. The highest BCUT2D eigenvalue weighted by molar-refractivity contribution is 5.80. The number of aliphatic hydroxyl groups excluding tert-OH is 1. The van der Waals surface area contributed by atoms with Crippen molar-refractivity contribution in [1.82, 2.24) is 0 Å². The van der Waals surface area contributed by atoms with Crippen LogP contribution in [0.15, 0.2) is 0 Å². The van der Waals surface area contributed by atoms with Crippen molar-refractivity contribution in [3.63, 3.8) is 0 Å². The number of Topliss-reactive ketones (excluding diaryl/α,β-unsaturated/α-hetero) is 1. The van der Waals surface area contributed by atoms with Crippen LogP contribution in [-0.2, 0) is 4.79 Å². The Balaban J connectivity index is 2.53. The summed E-state index contributed by atoms with van der Waals surface area (Å²) in [5, 5.41) is 19.9. The topological polar surface area (TPSA) is 80.4 Å². The summed E-state index contributed by atoms with van der Waals surface area (Å²) in [4.78, 5) is 20.9. The molecule has 2 unspecified atom stereocenters. The van der Waals surface area contributed by atoms with Crippen molar-refractivity contribution in [2.24, 2.45) is 5.92 Å². The largest absolute Gasteiger partial charge is 0.379 e. The molecule has 14 heavy (non-hydrogen) atoms. The van der Waals surface area contributed by atoms with Gasteiger partial charge in [0.05, 0.1) is 0 Å². The zero-order valence-corrected chi connectivity index (χ0v) is 8.18. The van der Waals surface area contributed by atoms with Gasteiger partial charge in [-0.15, -0.1) is 0 Å². The first-order valence-corrected chi connectivity index (χ1v) is 4.84. The van der Waals surface area contributed by atoms with E-state index >= 15 is 0 Å². The number of nitrogens with zero attached hydrogens (tertiary/aromatic N) is 1. The second-order valence-corrected chi connectivity index (χ2v) is 3.94. The van der Waals surface area contributed by atoms with Crippen molar-refractivity contribution in [3.8, 4) is 0 Å². The van der Waals surface area contributed by atoms with Gasteiger partial charge in [0.2, 0.25) is 6.04 Å². The van der Waals surface area contributed by atoms with Crippen LogP contribution >= 0.6 is 0 Å². The average molecular weight is 201 g/mol. The fraction of sp³-hybridized carbons (Fsp3) is 0.889. The lowest BCUT2D eigenvalue weighted by atomic mass is 9.80. The number of carbonyl (C=O) groups excluding carboxylic acids is 1. The smallest absolute Gasteiger partial charge is 0.245 e. The Morgan fingerprint density at radius 1 is 1.64 bits per heavy atom. The number of aliphatic hydroxyl groups is 1. The number of rotatable bonds is 5. The molecule has 1 N–H and O–H groups in total. The molecule has 0 bridgehead atoms. The van der Waals surface area contributed by atoms with Gasteiger partial charge in [0.1, 0.15) is 0 Å². The van der Waals surface area contributed by atoms with Crippen molar-refractivity contribution < 1.29 is 14.8 Å². The van der Waals surface area contributed by atoms with Crippen LogP contribution in [0.2, 0.25) is 0 Å². The maximum Gasteiger partial charge on any atom is 0.245 e. The zero-order valence-electron chi connectivity index (χ0n) is 8.18. The lowest BCUT2D eigenvalue weighted by molar-refractivity contribution is -0.533. The van der Waals surface area contributed by atoms with E-state index in [2.05, 4.69) is 0 Å². The second-order valence-electron chi connectivity index (χ2n) is 3.94. The molecule has 0 aromatic heterocycles. The van der Waals surface area contributed by atoms with Crippen molar-refractivity contribution in [1.29, 1.82) is 0 Å². The Morgan fingerprint density at radius 2 is 2.21 bits per heavy atom. The molecule has 0 amide bonds. The van der Waals surface area contributed by atoms with Gasteiger partial charge in [0.15, 0.2) is 11.9 Å². The summed E-state index contributed by atoms with van der Waals surface area (Å²) < 4.78 is 0. The highest BCUT2D eigenvalue weighted by Crippen LogP contribution is 2.31. The SMILES string of the molecule is CC(=O)C(O)C(CC1CCC1)[N+](=O)[O-]. The molecule has 1 aliphatic carbocycles. The highest BCUT2D eigenvalue weighted by atomic mass is 16.6. The van der Waals surface area contributed by atoms with Crippen molar-refractivity contribution in [3.05, 3.63) is 10.1 Å². The van der Waals surface area contributed by atoms with E-state index in [1.165, 1.54) is 6.92 Å². The normalized spacial score (nSPS) is 21.0. The van der Waals surface area contributed by atoms with Crippen LogP contribution in [-0.4, -0.2) is 28.0 Å². The van der Waals surface area contributed by atoms with Gasteiger partial charge in [-0.3, -0.25) is 14.9 Å². The van der Waals surface area contributed by atoms with Gasteiger partial charge in [-0.25, -0.2) is 0 Å². The third-order valence-corrected chi connectivity index (χ3v) is 2.85. The Hall–Kier alpha value is -0.970. The first kappa shape index (κ1) is 11.1. The highest BCUT2D eigenvalue weighted by Gasteiger charge is 2.36. The Bertz CT molecular complexity index is 237. The molecule has 0 radical (unpaired) electrons. The molecule has 1 saturated carbocycles. The summed E-state index contributed by atoms with van der Waals surface area (Å²) >= 11 is 0. The van der Waals surface area contributed by atoms with E-state index in [9.17, 15) is 20.0 Å². The minimum absolute atomic E-state index is 0.319. The zero-order chi connectivity index (χ0) is 10.7. The standard InChI is InChI=1S/C9H15NO4/c1-6(11)9(12)8(10(13)14)5-7-3-2-4-7/h7-9,12H,2-5H2,1H3. The summed E-state index contributed by atoms with van der Waals surface area (Å²) in [5.74, 6) is -0.203. The lowest BCUT2D eigenvalue weighted by Crippen LogP contribution is -2.40. The quantitative estimate of drug-likeness (QED) is 0.526. The van der Waals surface area contributed by atoms with Crippen LogP contribution in [0.5, 0.6) is 0 Å². The van der Waals surface area contributed by atoms with Crippen molar-refractivity contribution in [2.45, 2.75) is 44.8 Å². The number of hydrogen-bond donors (Lipinski definition) is 1. The average Bonchev–Trinajstić information content (AvgIpc) is 2.00. The van der Waals surface area contributed by atoms with Gasteiger partial charge in [0.25, 0.3) is 0 Å². The molecule has 0 heterocycles. The van der Waals surface area contributed by atoms with Crippen molar-refractivity contribution in [2.75, 3.05) is 0 Å². The Labute approximate surface area is 82.3 Å². The van der Waals surface area contributed by atoms with E-state index in [-0.39, 0.29) is 0 Å². The molecule has 2 atom stereocenters. The van der Waals surface area contributed by atoms with E-state index in [0.29, 0.717) is 12.3 Å². The van der Waals surface area contributed by atoms with Crippen LogP contribution < -0.4 is 0 Å². The molecule has 5 nitrogen and oxygen atoms in total. The summed E-state index contributed by atoms with van der Waals surface area (Å²) in [6, 6.07) is -1.11. The van der Waals surface area contributed by atoms with Crippen LogP contribution in [0, 0.1) is 16.0 Å². The van der Waals surface area contributed by atoms with Crippen molar-refractivity contribution >= 4 is 5.78 Å². The van der Waals surface area contributed by atoms with Gasteiger partial charge >= 0.3 is 0 Å². The predicted octanol–water partition coefficient (Wildman–Crippen LogP) is 0.772. The van der Waals surface area contributed by atoms with E-state index < -0.39 is 22.9 Å². The predicted molar refractivity (Wildman–Crippen MR) is 49.4 cm³/mol. The third kappa shape index (κ3) is 2.51. The first-order valence-electron chi connectivity index (χ1n) is 4.84. The summed E-state index contributed by atoms with van der Waals surface area (Å²) in [6.07, 6.45) is 1.95. The van der Waals surface area contributed by atoms with E-state index in [1.54, 1.807) is 0 Å². The lowest BCUT2D eigenvalue weighted by Gasteiger charge is -2.27. The first-order chi connectivity index (χ1) is 6.52. The molecule has 5 heteroatoms. The van der Waals surface area contributed by atoms with Gasteiger partial charge < -0.3 is 5.11 Å². The molecule has 80 valence electrons. The Kier molecular flexibility index (Phi) is 3.57. The molecule has 1 rings (SSSR count). The minimum atomic E-state index is -1.44. The molecule has 1 aliphatic rings. The molecule has 1 fully saturated rings. The molecular formula is C9H15NO4. The molecule has 0 aromatic rings. The van der Waals surface area contributed by atoms with Crippen LogP contribution in [0.4, 0.5) is 0 Å². The molecule has 0 aromatic carbocycles. The second kappa shape index (κ2) is 4.50. The minimum Gasteiger partial charge on any atom is -0.379 e. The van der Waals surface area contributed by atoms with E-state index in [1.807, 2.05) is 0 Å². The number of hydrogen-bond acceptors (Lipinski definition) is 4. The van der Waals surface area contributed by atoms with Gasteiger partial charge in [0, 0.05) is 11.3 Å². The van der Waals surface area contributed by atoms with Crippen LogP contribution in [0.1, 0.15) is 32.6 Å². The fourth-order valence-corrected chi connectivity index (χ4v) is 1.67. The molecule has 0 aliphatic heterocycles. The van der Waals surface area contributed by atoms with Gasteiger partial charge in [-0.1, -0.05) is 19.3 Å². The maximum absolute atomic E-state index is 10.8. The Morgan fingerprint density at radius 3 is 2.50 bits per heavy atom. The van der Waals surface area contributed by atoms with E-state index in [0.717, 1.165) is 19.3 Å². The molecule has 0 saturated heterocycles. The summed E-state index contributed by atoms with van der Waals surface area (Å²) in [6.45, 7) is 1.18. The number of ketones is 1. The monoisotopic (exact) mass is 201 g/mol. The summed E-state index contributed by atoms with van der Waals surface area (Å²) in [5.41, 5.74) is 0. The maximum atomic E-state index is 10.8. The van der Waals surface area contributed by atoms with Crippen LogP contribution in [0.25, 0.3) is 0 Å². The van der Waals surface area contributed by atoms with E-state index in [4.69, 9.17) is 0 Å². The number of carbonyl (C=O) groups is 1. The number of nitro groups is 1. The van der Waals surface area contributed by atoms with Gasteiger partial charge in [-0.05, 0) is 12.8 Å². The summed E-state index contributed by atoms with van der Waals surface area (Å²) in [7, 11) is 0. The molecule has 0 spiro atoms.